The molecule has 0 aliphatic heterocycles. The van der Waals surface area contributed by atoms with Crippen LogP contribution >= 0.6 is 0 Å². The van der Waals surface area contributed by atoms with Crippen LogP contribution in [0.3, 0.4) is 0 Å². The van der Waals surface area contributed by atoms with Crippen molar-refractivity contribution in [2.45, 2.75) is 39.3 Å². The molecule has 1 aromatic rings. The first kappa shape index (κ1) is 16.0. The van der Waals surface area contributed by atoms with Crippen molar-refractivity contribution < 1.29 is 5.11 Å². The quantitative estimate of drug-likeness (QED) is 0.757. The Morgan fingerprint density at radius 3 is 2.16 bits per heavy atom. The molecule has 0 aliphatic carbocycles. The Hall–Kier alpha value is -1.06. The molecule has 0 fully saturated rings. The number of benzene rings is 1. The number of hydrogen-bond acceptors (Lipinski definition) is 3. The smallest absolute Gasteiger partial charge is 0.0692 e. The predicted molar refractivity (Wildman–Crippen MR) is 82.6 cm³/mol. The number of hydrogen-bond donors (Lipinski definition) is 2. The van der Waals surface area contributed by atoms with Crippen LogP contribution in [0.15, 0.2) is 24.3 Å². The molecule has 1 unspecified atom stereocenters. The van der Waals surface area contributed by atoms with Gasteiger partial charge in [0.15, 0.2) is 0 Å². The molecule has 0 bridgehead atoms. The Bertz CT molecular complexity index is 344. The van der Waals surface area contributed by atoms with Crippen molar-refractivity contribution in [3.63, 3.8) is 0 Å². The standard InChI is InChI=1S/C16H28N2O/c1-5-14(6-2)16(19)12-17-11-13-7-9-15(10-8-13)18(3)4/h7-10,14,16-17,19H,5-6,11-12H2,1-4H3. The Morgan fingerprint density at radius 2 is 1.68 bits per heavy atom. The van der Waals surface area contributed by atoms with Gasteiger partial charge >= 0.3 is 0 Å². The van der Waals surface area contributed by atoms with E-state index in [1.54, 1.807) is 0 Å². The number of rotatable bonds is 8. The van der Waals surface area contributed by atoms with Gasteiger partial charge in [0.05, 0.1) is 6.10 Å². The minimum Gasteiger partial charge on any atom is -0.392 e. The maximum atomic E-state index is 10.0. The summed E-state index contributed by atoms with van der Waals surface area (Å²) in [6, 6.07) is 8.50. The van der Waals surface area contributed by atoms with Crippen molar-refractivity contribution in [2.75, 3.05) is 25.5 Å². The molecule has 0 aliphatic rings. The second kappa shape index (κ2) is 8.18. The van der Waals surface area contributed by atoms with Crippen LogP contribution in [0, 0.1) is 5.92 Å². The van der Waals surface area contributed by atoms with Crippen molar-refractivity contribution in [1.82, 2.24) is 5.32 Å². The van der Waals surface area contributed by atoms with Crippen molar-refractivity contribution in [3.05, 3.63) is 29.8 Å². The molecule has 3 nitrogen and oxygen atoms in total. The lowest BCUT2D eigenvalue weighted by Gasteiger charge is -2.20. The van der Waals surface area contributed by atoms with Crippen LogP contribution in [0.5, 0.6) is 0 Å². The molecule has 19 heavy (non-hydrogen) atoms. The van der Waals surface area contributed by atoms with E-state index in [1.807, 2.05) is 14.1 Å². The predicted octanol–water partition coefficient (Wildman–Crippen LogP) is 2.64. The van der Waals surface area contributed by atoms with Gasteiger partial charge in [-0.25, -0.2) is 0 Å². The Morgan fingerprint density at radius 1 is 1.11 bits per heavy atom. The zero-order valence-electron chi connectivity index (χ0n) is 12.7. The summed E-state index contributed by atoms with van der Waals surface area (Å²) < 4.78 is 0. The van der Waals surface area contributed by atoms with Gasteiger partial charge in [0.2, 0.25) is 0 Å². The fourth-order valence-electron chi connectivity index (χ4n) is 2.28. The summed E-state index contributed by atoms with van der Waals surface area (Å²) in [5, 5.41) is 13.4. The van der Waals surface area contributed by atoms with Gasteiger partial charge in [-0.3, -0.25) is 0 Å². The van der Waals surface area contributed by atoms with Crippen molar-refractivity contribution in [1.29, 1.82) is 0 Å². The fraction of sp³-hybridized carbons (Fsp3) is 0.625. The lowest BCUT2D eigenvalue weighted by Crippen LogP contribution is -2.32. The normalized spacial score (nSPS) is 12.7. The van der Waals surface area contributed by atoms with E-state index < -0.39 is 0 Å². The van der Waals surface area contributed by atoms with E-state index in [1.165, 1.54) is 11.3 Å². The van der Waals surface area contributed by atoms with E-state index in [0.29, 0.717) is 12.5 Å². The van der Waals surface area contributed by atoms with E-state index in [0.717, 1.165) is 19.4 Å². The van der Waals surface area contributed by atoms with Crippen LogP contribution in [0.25, 0.3) is 0 Å². The van der Waals surface area contributed by atoms with E-state index in [2.05, 4.69) is 48.3 Å². The zero-order valence-corrected chi connectivity index (χ0v) is 12.7. The van der Waals surface area contributed by atoms with Gasteiger partial charge in [0.25, 0.3) is 0 Å². The van der Waals surface area contributed by atoms with E-state index >= 15 is 0 Å². The Kier molecular flexibility index (Phi) is 6.89. The molecule has 108 valence electrons. The monoisotopic (exact) mass is 264 g/mol. The SMILES string of the molecule is CCC(CC)C(O)CNCc1ccc(N(C)C)cc1. The maximum Gasteiger partial charge on any atom is 0.0692 e. The molecular formula is C16H28N2O. The lowest BCUT2D eigenvalue weighted by atomic mass is 9.96. The second-order valence-corrected chi connectivity index (χ2v) is 5.34. The third-order valence-electron chi connectivity index (χ3n) is 3.73. The lowest BCUT2D eigenvalue weighted by molar-refractivity contribution is 0.101. The van der Waals surface area contributed by atoms with Crippen LogP contribution in [0.2, 0.25) is 0 Å². The van der Waals surface area contributed by atoms with E-state index in [-0.39, 0.29) is 6.10 Å². The molecule has 0 saturated carbocycles. The van der Waals surface area contributed by atoms with Crippen LogP contribution < -0.4 is 10.2 Å². The number of aliphatic hydroxyl groups excluding tert-OH is 1. The summed E-state index contributed by atoms with van der Waals surface area (Å²) in [6.45, 7) is 5.75. The highest BCUT2D eigenvalue weighted by Crippen LogP contribution is 2.13. The summed E-state index contributed by atoms with van der Waals surface area (Å²) in [4.78, 5) is 2.09. The molecule has 3 heteroatoms. The molecule has 1 atom stereocenters. The summed E-state index contributed by atoms with van der Waals surface area (Å²) in [7, 11) is 4.08. The van der Waals surface area contributed by atoms with Crippen molar-refractivity contribution >= 4 is 5.69 Å². The van der Waals surface area contributed by atoms with E-state index in [9.17, 15) is 5.11 Å². The topological polar surface area (TPSA) is 35.5 Å². The molecule has 2 N–H and O–H groups in total. The van der Waals surface area contributed by atoms with Gasteiger partial charge in [-0.05, 0) is 23.6 Å². The molecule has 0 saturated heterocycles. The number of aliphatic hydroxyl groups is 1. The third-order valence-corrected chi connectivity index (χ3v) is 3.73. The summed E-state index contributed by atoms with van der Waals surface area (Å²) >= 11 is 0. The highest BCUT2D eigenvalue weighted by atomic mass is 16.3. The summed E-state index contributed by atoms with van der Waals surface area (Å²) in [5.41, 5.74) is 2.46. The average molecular weight is 264 g/mol. The Balaban J connectivity index is 2.36. The molecule has 1 aromatic carbocycles. The molecule has 0 amide bonds. The third kappa shape index (κ3) is 5.21. The Labute approximate surface area is 117 Å². The fourth-order valence-corrected chi connectivity index (χ4v) is 2.28. The number of nitrogens with one attached hydrogen (secondary N) is 1. The molecular weight excluding hydrogens is 236 g/mol. The molecule has 0 aromatic heterocycles. The molecule has 1 rings (SSSR count). The minimum atomic E-state index is -0.240. The summed E-state index contributed by atoms with van der Waals surface area (Å²) in [5.74, 6) is 0.406. The van der Waals surface area contributed by atoms with Gasteiger partial charge in [0.1, 0.15) is 0 Å². The van der Waals surface area contributed by atoms with Crippen LogP contribution in [0.4, 0.5) is 5.69 Å². The van der Waals surface area contributed by atoms with Gasteiger partial charge in [-0.2, -0.15) is 0 Å². The molecule has 0 heterocycles. The van der Waals surface area contributed by atoms with Crippen LogP contribution in [0.1, 0.15) is 32.3 Å². The zero-order chi connectivity index (χ0) is 14.3. The first-order valence-corrected chi connectivity index (χ1v) is 7.23. The van der Waals surface area contributed by atoms with Gasteiger partial charge in [0, 0.05) is 32.9 Å². The minimum absolute atomic E-state index is 0.240. The summed E-state index contributed by atoms with van der Waals surface area (Å²) in [6.07, 6.45) is 1.84. The largest absolute Gasteiger partial charge is 0.392 e. The second-order valence-electron chi connectivity index (χ2n) is 5.34. The average Bonchev–Trinajstić information content (AvgIpc) is 2.40. The van der Waals surface area contributed by atoms with Gasteiger partial charge in [-0.15, -0.1) is 0 Å². The molecule has 0 spiro atoms. The molecule has 0 radical (unpaired) electrons. The highest BCUT2D eigenvalue weighted by molar-refractivity contribution is 5.45. The number of anilines is 1. The number of nitrogens with zero attached hydrogens (tertiary/aromatic N) is 1. The van der Waals surface area contributed by atoms with Crippen molar-refractivity contribution in [2.24, 2.45) is 5.92 Å². The van der Waals surface area contributed by atoms with Crippen LogP contribution in [-0.4, -0.2) is 31.9 Å². The highest BCUT2D eigenvalue weighted by Gasteiger charge is 2.14. The van der Waals surface area contributed by atoms with Gasteiger partial charge in [-0.1, -0.05) is 38.8 Å². The van der Waals surface area contributed by atoms with E-state index in [4.69, 9.17) is 0 Å². The van der Waals surface area contributed by atoms with Crippen molar-refractivity contribution in [3.8, 4) is 0 Å². The first-order valence-electron chi connectivity index (χ1n) is 7.23. The van der Waals surface area contributed by atoms with Gasteiger partial charge < -0.3 is 15.3 Å². The maximum absolute atomic E-state index is 10.0. The van der Waals surface area contributed by atoms with Crippen LogP contribution in [-0.2, 0) is 6.54 Å². The first-order chi connectivity index (χ1) is 9.08.